The molecule has 19 heavy (non-hydrogen) atoms. The molecule has 5 heteroatoms. The SMILES string of the molecule is CCOC(=O)N1CCCCC(NC(=O)CC(C)C)C1. The monoisotopic (exact) mass is 270 g/mol. The van der Waals surface area contributed by atoms with Crippen molar-refractivity contribution >= 4 is 12.0 Å². The van der Waals surface area contributed by atoms with Gasteiger partial charge in [-0.05, 0) is 32.1 Å². The van der Waals surface area contributed by atoms with Gasteiger partial charge in [0.05, 0.1) is 6.61 Å². The molecule has 0 bridgehead atoms. The lowest BCUT2D eigenvalue weighted by molar-refractivity contribution is -0.122. The van der Waals surface area contributed by atoms with Gasteiger partial charge in [0.1, 0.15) is 0 Å². The van der Waals surface area contributed by atoms with E-state index >= 15 is 0 Å². The van der Waals surface area contributed by atoms with Crippen LogP contribution in [0, 0.1) is 5.92 Å². The van der Waals surface area contributed by atoms with Gasteiger partial charge in [0.15, 0.2) is 0 Å². The second-order valence-corrected chi connectivity index (χ2v) is 5.50. The van der Waals surface area contributed by atoms with Crippen LogP contribution in [0.3, 0.4) is 0 Å². The second-order valence-electron chi connectivity index (χ2n) is 5.50. The van der Waals surface area contributed by atoms with Crippen LogP contribution in [0.25, 0.3) is 0 Å². The summed E-state index contributed by atoms with van der Waals surface area (Å²) in [5.41, 5.74) is 0. The Labute approximate surface area is 115 Å². The number of ether oxygens (including phenoxy) is 1. The molecule has 1 fully saturated rings. The first-order valence-electron chi connectivity index (χ1n) is 7.24. The van der Waals surface area contributed by atoms with Gasteiger partial charge in [-0.1, -0.05) is 13.8 Å². The van der Waals surface area contributed by atoms with Crippen molar-refractivity contribution in [2.24, 2.45) is 5.92 Å². The van der Waals surface area contributed by atoms with Crippen molar-refractivity contribution in [3.63, 3.8) is 0 Å². The Morgan fingerprint density at radius 1 is 1.37 bits per heavy atom. The van der Waals surface area contributed by atoms with Crippen LogP contribution in [0.5, 0.6) is 0 Å². The van der Waals surface area contributed by atoms with E-state index in [0.29, 0.717) is 25.5 Å². The molecule has 0 spiro atoms. The fourth-order valence-electron chi connectivity index (χ4n) is 2.30. The Hall–Kier alpha value is -1.26. The van der Waals surface area contributed by atoms with Gasteiger partial charge >= 0.3 is 6.09 Å². The number of likely N-dealkylation sites (tertiary alicyclic amines) is 1. The molecule has 1 heterocycles. The first-order chi connectivity index (χ1) is 9.02. The fraction of sp³-hybridized carbons (Fsp3) is 0.857. The molecule has 0 saturated carbocycles. The fourth-order valence-corrected chi connectivity index (χ4v) is 2.30. The molecule has 1 N–H and O–H groups in total. The summed E-state index contributed by atoms with van der Waals surface area (Å²) in [5.74, 6) is 0.428. The Kier molecular flexibility index (Phi) is 6.67. The van der Waals surface area contributed by atoms with E-state index in [2.05, 4.69) is 5.32 Å². The molecule has 0 aromatic heterocycles. The molecular weight excluding hydrogens is 244 g/mol. The van der Waals surface area contributed by atoms with E-state index < -0.39 is 0 Å². The highest BCUT2D eigenvalue weighted by atomic mass is 16.6. The summed E-state index contributed by atoms with van der Waals surface area (Å²) < 4.78 is 5.03. The third kappa shape index (κ3) is 5.94. The van der Waals surface area contributed by atoms with Gasteiger partial charge in [-0.15, -0.1) is 0 Å². The third-order valence-electron chi connectivity index (χ3n) is 3.16. The van der Waals surface area contributed by atoms with Gasteiger partial charge in [-0.3, -0.25) is 4.79 Å². The summed E-state index contributed by atoms with van der Waals surface area (Å²) in [7, 11) is 0. The second kappa shape index (κ2) is 8.02. The maximum Gasteiger partial charge on any atom is 0.409 e. The molecular formula is C14H26N2O3. The van der Waals surface area contributed by atoms with Crippen LogP contribution < -0.4 is 5.32 Å². The zero-order chi connectivity index (χ0) is 14.3. The van der Waals surface area contributed by atoms with E-state index in [1.807, 2.05) is 13.8 Å². The Balaban J connectivity index is 2.49. The largest absolute Gasteiger partial charge is 0.450 e. The Bertz CT molecular complexity index is 305. The molecule has 1 unspecified atom stereocenters. The van der Waals surface area contributed by atoms with Crippen LogP contribution in [0.4, 0.5) is 4.79 Å². The van der Waals surface area contributed by atoms with Gasteiger partial charge in [-0.25, -0.2) is 4.79 Å². The van der Waals surface area contributed by atoms with E-state index in [9.17, 15) is 9.59 Å². The number of carbonyl (C=O) groups is 2. The standard InChI is InChI=1S/C14H26N2O3/c1-4-19-14(18)16-8-6-5-7-12(10-16)15-13(17)9-11(2)3/h11-12H,4-10H2,1-3H3,(H,15,17). The number of nitrogens with one attached hydrogen (secondary N) is 1. The quantitative estimate of drug-likeness (QED) is 0.851. The van der Waals surface area contributed by atoms with Crippen molar-refractivity contribution in [1.82, 2.24) is 10.2 Å². The van der Waals surface area contributed by atoms with Crippen LogP contribution >= 0.6 is 0 Å². The summed E-state index contributed by atoms with van der Waals surface area (Å²) in [6, 6.07) is 0.0538. The molecule has 1 rings (SSSR count). The minimum Gasteiger partial charge on any atom is -0.450 e. The lowest BCUT2D eigenvalue weighted by Crippen LogP contribution is -2.45. The van der Waals surface area contributed by atoms with E-state index in [1.54, 1.807) is 11.8 Å². The van der Waals surface area contributed by atoms with Gasteiger partial charge < -0.3 is 15.0 Å². The van der Waals surface area contributed by atoms with Crippen LogP contribution in [-0.2, 0) is 9.53 Å². The molecule has 0 aromatic rings. The Morgan fingerprint density at radius 2 is 2.11 bits per heavy atom. The molecule has 0 aliphatic carbocycles. The summed E-state index contributed by atoms with van der Waals surface area (Å²) in [6.45, 7) is 7.52. The smallest absolute Gasteiger partial charge is 0.409 e. The topological polar surface area (TPSA) is 58.6 Å². The van der Waals surface area contributed by atoms with Crippen LogP contribution in [0.1, 0.15) is 46.5 Å². The van der Waals surface area contributed by atoms with Crippen molar-refractivity contribution in [3.05, 3.63) is 0 Å². The number of rotatable bonds is 4. The molecule has 1 aliphatic rings. The molecule has 0 aromatic carbocycles. The van der Waals surface area contributed by atoms with Gasteiger partial charge in [0.25, 0.3) is 0 Å². The van der Waals surface area contributed by atoms with Gasteiger partial charge in [-0.2, -0.15) is 0 Å². The van der Waals surface area contributed by atoms with E-state index in [-0.39, 0.29) is 18.0 Å². The minimum atomic E-state index is -0.271. The highest BCUT2D eigenvalue weighted by Gasteiger charge is 2.23. The summed E-state index contributed by atoms with van der Waals surface area (Å²) in [5, 5.41) is 3.03. The summed E-state index contributed by atoms with van der Waals surface area (Å²) >= 11 is 0. The number of hydrogen-bond donors (Lipinski definition) is 1. The average Bonchev–Trinajstić information content (AvgIpc) is 2.53. The number of hydrogen-bond acceptors (Lipinski definition) is 3. The maximum absolute atomic E-state index is 11.8. The molecule has 110 valence electrons. The van der Waals surface area contributed by atoms with Crippen molar-refractivity contribution < 1.29 is 14.3 Å². The third-order valence-corrected chi connectivity index (χ3v) is 3.16. The van der Waals surface area contributed by atoms with E-state index in [0.717, 1.165) is 25.8 Å². The molecule has 0 radical (unpaired) electrons. The first kappa shape index (κ1) is 15.8. The molecule has 1 atom stereocenters. The summed E-state index contributed by atoms with van der Waals surface area (Å²) in [4.78, 5) is 25.2. The van der Waals surface area contributed by atoms with Crippen LogP contribution in [0.15, 0.2) is 0 Å². The van der Waals surface area contributed by atoms with Crippen molar-refractivity contribution in [2.45, 2.75) is 52.5 Å². The lowest BCUT2D eigenvalue weighted by Gasteiger charge is -2.24. The number of nitrogens with zero attached hydrogens (tertiary/aromatic N) is 1. The molecule has 5 nitrogen and oxygen atoms in total. The summed E-state index contributed by atoms with van der Waals surface area (Å²) in [6.07, 6.45) is 3.19. The van der Waals surface area contributed by atoms with E-state index in [1.165, 1.54) is 0 Å². The zero-order valence-corrected chi connectivity index (χ0v) is 12.3. The predicted molar refractivity (Wildman–Crippen MR) is 73.8 cm³/mol. The number of amides is 2. The minimum absolute atomic E-state index is 0.0538. The highest BCUT2D eigenvalue weighted by Crippen LogP contribution is 2.12. The van der Waals surface area contributed by atoms with Gasteiger partial charge in [0.2, 0.25) is 5.91 Å². The van der Waals surface area contributed by atoms with Crippen molar-refractivity contribution in [2.75, 3.05) is 19.7 Å². The van der Waals surface area contributed by atoms with Gasteiger partial charge in [0, 0.05) is 25.6 Å². The number of carbonyl (C=O) groups excluding carboxylic acids is 2. The normalized spacial score (nSPS) is 20.0. The van der Waals surface area contributed by atoms with Crippen LogP contribution in [0.2, 0.25) is 0 Å². The molecule has 1 aliphatic heterocycles. The highest BCUT2D eigenvalue weighted by molar-refractivity contribution is 5.76. The maximum atomic E-state index is 11.8. The van der Waals surface area contributed by atoms with Crippen LogP contribution in [-0.4, -0.2) is 42.6 Å². The predicted octanol–water partition coefficient (Wildman–Crippen LogP) is 2.16. The average molecular weight is 270 g/mol. The Morgan fingerprint density at radius 3 is 2.74 bits per heavy atom. The van der Waals surface area contributed by atoms with E-state index in [4.69, 9.17) is 4.74 Å². The van der Waals surface area contributed by atoms with Crippen molar-refractivity contribution in [3.8, 4) is 0 Å². The zero-order valence-electron chi connectivity index (χ0n) is 12.3. The lowest BCUT2D eigenvalue weighted by atomic mass is 10.1. The first-order valence-corrected chi connectivity index (χ1v) is 7.24. The molecule has 2 amide bonds. The molecule has 1 saturated heterocycles. The van der Waals surface area contributed by atoms with Crippen molar-refractivity contribution in [1.29, 1.82) is 0 Å².